The first-order chi connectivity index (χ1) is 10.1. The summed E-state index contributed by atoms with van der Waals surface area (Å²) < 4.78 is 12.0. The third kappa shape index (κ3) is 3.66. The van der Waals surface area contributed by atoms with Gasteiger partial charge in [-0.15, -0.1) is 11.3 Å². The van der Waals surface area contributed by atoms with Gasteiger partial charge in [-0.3, -0.25) is 4.79 Å². The van der Waals surface area contributed by atoms with Crippen LogP contribution in [0.5, 0.6) is 11.5 Å². The Morgan fingerprint density at radius 1 is 1.14 bits per heavy atom. The standard InChI is InChI=1S/C16H17BrO3S/c1-4-19-13-7-6-11(8-14(13)20-5-2)16(18)12-9-15(17)21-10(12)3/h6-9H,4-5H2,1-3H3. The van der Waals surface area contributed by atoms with E-state index >= 15 is 0 Å². The lowest BCUT2D eigenvalue weighted by Gasteiger charge is -2.12. The summed E-state index contributed by atoms with van der Waals surface area (Å²) in [6.07, 6.45) is 0. The van der Waals surface area contributed by atoms with Gasteiger partial charge in [0.2, 0.25) is 0 Å². The summed E-state index contributed by atoms with van der Waals surface area (Å²) in [6.45, 7) is 6.86. The Hall–Kier alpha value is -1.33. The summed E-state index contributed by atoms with van der Waals surface area (Å²) in [6, 6.07) is 7.18. The number of benzene rings is 1. The lowest BCUT2D eigenvalue weighted by atomic mass is 10.0. The minimum Gasteiger partial charge on any atom is -0.490 e. The molecule has 0 amide bonds. The van der Waals surface area contributed by atoms with Gasteiger partial charge in [-0.2, -0.15) is 0 Å². The van der Waals surface area contributed by atoms with Crippen molar-refractivity contribution in [2.24, 2.45) is 0 Å². The molecular weight excluding hydrogens is 352 g/mol. The Bertz CT molecular complexity index is 649. The van der Waals surface area contributed by atoms with E-state index in [0.717, 1.165) is 14.2 Å². The summed E-state index contributed by atoms with van der Waals surface area (Å²) in [5.74, 6) is 1.27. The van der Waals surface area contributed by atoms with E-state index in [9.17, 15) is 4.79 Å². The second-order valence-corrected chi connectivity index (χ2v) is 7.01. The molecular formula is C16H17BrO3S. The first-order valence-electron chi connectivity index (χ1n) is 6.77. The van der Waals surface area contributed by atoms with Gasteiger partial charge in [0, 0.05) is 16.0 Å². The number of aryl methyl sites for hydroxylation is 1. The number of ether oxygens (including phenoxy) is 2. The van der Waals surface area contributed by atoms with Crippen LogP contribution in [0, 0.1) is 6.92 Å². The van der Waals surface area contributed by atoms with Crippen LogP contribution in [0.1, 0.15) is 34.6 Å². The predicted molar refractivity (Wildman–Crippen MR) is 89.0 cm³/mol. The van der Waals surface area contributed by atoms with Crippen LogP contribution in [0.3, 0.4) is 0 Å². The maximum atomic E-state index is 12.6. The third-order valence-corrected chi connectivity index (χ3v) is 4.49. The molecule has 0 fully saturated rings. The minimum absolute atomic E-state index is 0.00143. The lowest BCUT2D eigenvalue weighted by molar-refractivity contribution is 0.103. The van der Waals surface area contributed by atoms with Crippen molar-refractivity contribution in [3.05, 3.63) is 44.1 Å². The van der Waals surface area contributed by atoms with Gasteiger partial charge in [-0.25, -0.2) is 0 Å². The van der Waals surface area contributed by atoms with Crippen LogP contribution in [-0.4, -0.2) is 19.0 Å². The summed E-state index contributed by atoms with van der Waals surface area (Å²) in [4.78, 5) is 13.6. The molecule has 2 rings (SSSR count). The van der Waals surface area contributed by atoms with Crippen molar-refractivity contribution in [1.82, 2.24) is 0 Å². The van der Waals surface area contributed by atoms with Crippen molar-refractivity contribution < 1.29 is 14.3 Å². The molecule has 0 aliphatic rings. The molecule has 0 aliphatic heterocycles. The zero-order valence-corrected chi connectivity index (χ0v) is 14.6. The maximum absolute atomic E-state index is 12.6. The highest BCUT2D eigenvalue weighted by Gasteiger charge is 2.17. The fraction of sp³-hybridized carbons (Fsp3) is 0.312. The smallest absolute Gasteiger partial charge is 0.194 e. The molecule has 2 aromatic rings. The van der Waals surface area contributed by atoms with Crippen LogP contribution < -0.4 is 9.47 Å². The Morgan fingerprint density at radius 3 is 2.38 bits per heavy atom. The lowest BCUT2D eigenvalue weighted by Crippen LogP contribution is -2.04. The van der Waals surface area contributed by atoms with Crippen LogP contribution in [0.4, 0.5) is 0 Å². The van der Waals surface area contributed by atoms with Crippen LogP contribution >= 0.6 is 27.3 Å². The van der Waals surface area contributed by atoms with Crippen LogP contribution in [0.15, 0.2) is 28.1 Å². The van der Waals surface area contributed by atoms with Gasteiger partial charge < -0.3 is 9.47 Å². The van der Waals surface area contributed by atoms with E-state index in [0.29, 0.717) is 30.3 Å². The van der Waals surface area contributed by atoms with Crippen molar-refractivity contribution in [3.8, 4) is 11.5 Å². The van der Waals surface area contributed by atoms with E-state index in [-0.39, 0.29) is 5.78 Å². The van der Waals surface area contributed by atoms with E-state index in [1.807, 2.05) is 26.8 Å². The average molecular weight is 369 g/mol. The van der Waals surface area contributed by atoms with E-state index in [1.165, 1.54) is 0 Å². The zero-order valence-electron chi connectivity index (χ0n) is 12.2. The highest BCUT2D eigenvalue weighted by atomic mass is 79.9. The number of hydrogen-bond acceptors (Lipinski definition) is 4. The Labute approximate surface area is 137 Å². The molecule has 1 aromatic carbocycles. The van der Waals surface area contributed by atoms with E-state index in [4.69, 9.17) is 9.47 Å². The van der Waals surface area contributed by atoms with Gasteiger partial charge in [-0.05, 0) is 61.0 Å². The second kappa shape index (κ2) is 7.09. The maximum Gasteiger partial charge on any atom is 0.194 e. The van der Waals surface area contributed by atoms with Gasteiger partial charge in [0.05, 0.1) is 17.0 Å². The molecule has 112 valence electrons. The second-order valence-electron chi connectivity index (χ2n) is 4.38. The van der Waals surface area contributed by atoms with Gasteiger partial charge >= 0.3 is 0 Å². The number of thiophene rings is 1. The number of ketones is 1. The molecule has 0 bridgehead atoms. The van der Waals surface area contributed by atoms with Crippen molar-refractivity contribution in [1.29, 1.82) is 0 Å². The molecule has 3 nitrogen and oxygen atoms in total. The average Bonchev–Trinajstić information content (AvgIpc) is 2.79. The molecule has 0 atom stereocenters. The fourth-order valence-corrected chi connectivity index (χ4v) is 3.71. The monoisotopic (exact) mass is 368 g/mol. The Morgan fingerprint density at radius 2 is 1.81 bits per heavy atom. The van der Waals surface area contributed by atoms with Crippen LogP contribution in [-0.2, 0) is 0 Å². The Kier molecular flexibility index (Phi) is 5.42. The van der Waals surface area contributed by atoms with Crippen molar-refractivity contribution >= 4 is 33.0 Å². The number of halogens is 1. The van der Waals surface area contributed by atoms with Crippen molar-refractivity contribution in [2.75, 3.05) is 13.2 Å². The van der Waals surface area contributed by atoms with Gasteiger partial charge in [0.25, 0.3) is 0 Å². The molecule has 0 saturated carbocycles. The number of hydrogen-bond donors (Lipinski definition) is 0. The number of rotatable bonds is 6. The summed E-state index contributed by atoms with van der Waals surface area (Å²) in [7, 11) is 0. The quantitative estimate of drug-likeness (QED) is 0.683. The van der Waals surface area contributed by atoms with E-state index in [2.05, 4.69) is 15.9 Å². The zero-order chi connectivity index (χ0) is 15.4. The topological polar surface area (TPSA) is 35.5 Å². The van der Waals surface area contributed by atoms with Gasteiger partial charge in [0.1, 0.15) is 0 Å². The normalized spacial score (nSPS) is 10.5. The molecule has 0 saturated heterocycles. The largest absolute Gasteiger partial charge is 0.490 e. The molecule has 0 N–H and O–H groups in total. The Balaban J connectivity index is 2.37. The minimum atomic E-state index is -0.00143. The number of carbonyl (C=O) groups excluding carboxylic acids is 1. The van der Waals surface area contributed by atoms with Gasteiger partial charge in [0.15, 0.2) is 17.3 Å². The highest BCUT2D eigenvalue weighted by Crippen LogP contribution is 2.32. The molecule has 0 spiro atoms. The summed E-state index contributed by atoms with van der Waals surface area (Å²) in [5.41, 5.74) is 1.33. The van der Waals surface area contributed by atoms with Crippen molar-refractivity contribution in [3.63, 3.8) is 0 Å². The first-order valence-corrected chi connectivity index (χ1v) is 8.38. The molecule has 21 heavy (non-hydrogen) atoms. The molecule has 0 aliphatic carbocycles. The molecule has 1 aromatic heterocycles. The van der Waals surface area contributed by atoms with Crippen LogP contribution in [0.25, 0.3) is 0 Å². The summed E-state index contributed by atoms with van der Waals surface area (Å²) >= 11 is 4.97. The van der Waals surface area contributed by atoms with Gasteiger partial charge in [-0.1, -0.05) is 0 Å². The predicted octanol–water partition coefficient (Wildman–Crippen LogP) is 4.85. The van der Waals surface area contributed by atoms with Crippen LogP contribution in [0.2, 0.25) is 0 Å². The van der Waals surface area contributed by atoms with E-state index < -0.39 is 0 Å². The number of carbonyl (C=O) groups is 1. The first kappa shape index (κ1) is 16.0. The fourth-order valence-electron chi connectivity index (χ4n) is 2.02. The van der Waals surface area contributed by atoms with Crippen molar-refractivity contribution in [2.45, 2.75) is 20.8 Å². The molecule has 0 unspecified atom stereocenters. The molecule has 0 radical (unpaired) electrons. The highest BCUT2D eigenvalue weighted by molar-refractivity contribution is 9.11. The SMILES string of the molecule is CCOc1ccc(C(=O)c2cc(Br)sc2C)cc1OCC. The third-order valence-electron chi connectivity index (χ3n) is 2.94. The molecule has 1 heterocycles. The molecule has 5 heteroatoms. The summed E-state index contributed by atoms with van der Waals surface area (Å²) in [5, 5.41) is 0. The van der Waals surface area contributed by atoms with E-state index in [1.54, 1.807) is 29.5 Å².